The van der Waals surface area contributed by atoms with Crippen LogP contribution >= 0.6 is 11.3 Å². The van der Waals surface area contributed by atoms with Gasteiger partial charge in [-0.15, -0.1) is 11.3 Å². The molecule has 1 heterocycles. The van der Waals surface area contributed by atoms with E-state index in [1.807, 2.05) is 0 Å². The van der Waals surface area contributed by atoms with E-state index in [1.54, 1.807) is 13.0 Å². The first-order valence-electron chi connectivity index (χ1n) is 8.22. The Morgan fingerprint density at radius 1 is 0.966 bits per heavy atom. The van der Waals surface area contributed by atoms with Crippen LogP contribution in [-0.4, -0.2) is 14.3 Å². The van der Waals surface area contributed by atoms with Gasteiger partial charge in [0.2, 0.25) is 0 Å². The zero-order chi connectivity index (χ0) is 21.2. The first-order chi connectivity index (χ1) is 13.5. The van der Waals surface area contributed by atoms with E-state index in [9.17, 15) is 26.4 Å². The average Bonchev–Trinajstić information content (AvgIpc) is 3.08. The van der Waals surface area contributed by atoms with Crippen LogP contribution in [0, 0.1) is 6.92 Å². The van der Waals surface area contributed by atoms with Crippen molar-refractivity contribution in [1.82, 2.24) is 0 Å². The van der Waals surface area contributed by atoms with Crippen molar-refractivity contribution in [2.45, 2.75) is 17.3 Å². The van der Waals surface area contributed by atoms with Crippen molar-refractivity contribution in [3.05, 3.63) is 76.7 Å². The first-order valence-corrected chi connectivity index (χ1v) is 10.5. The van der Waals surface area contributed by atoms with E-state index >= 15 is 0 Å². The van der Waals surface area contributed by atoms with Crippen LogP contribution < -0.4 is 10.0 Å². The smallest absolute Gasteiger partial charge is 0.322 e. The highest BCUT2D eigenvalue weighted by atomic mass is 32.2. The Bertz CT molecular complexity index is 1160. The summed E-state index contributed by atoms with van der Waals surface area (Å²) in [5, 5.41) is 2.38. The maximum Gasteiger partial charge on any atom is 0.416 e. The van der Waals surface area contributed by atoms with Crippen LogP contribution in [0.15, 0.2) is 64.9 Å². The topological polar surface area (TPSA) is 75.3 Å². The van der Waals surface area contributed by atoms with Crippen LogP contribution in [0.2, 0.25) is 0 Å². The van der Waals surface area contributed by atoms with Gasteiger partial charge in [0.25, 0.3) is 15.9 Å². The van der Waals surface area contributed by atoms with Gasteiger partial charge >= 0.3 is 6.18 Å². The fourth-order valence-corrected chi connectivity index (χ4v) is 4.80. The van der Waals surface area contributed by atoms with Gasteiger partial charge in [-0.1, -0.05) is 12.1 Å². The largest absolute Gasteiger partial charge is 0.416 e. The Hall–Kier alpha value is -2.85. The minimum absolute atomic E-state index is 0.0233. The van der Waals surface area contributed by atoms with Crippen LogP contribution in [0.25, 0.3) is 0 Å². The number of anilines is 2. The second-order valence-corrected chi connectivity index (χ2v) is 9.28. The highest BCUT2D eigenvalue weighted by Gasteiger charge is 2.30. The number of carbonyl (C=O) groups is 1. The Morgan fingerprint density at radius 2 is 1.66 bits per heavy atom. The zero-order valence-corrected chi connectivity index (χ0v) is 16.6. The predicted molar refractivity (Wildman–Crippen MR) is 106 cm³/mol. The van der Waals surface area contributed by atoms with E-state index in [-0.39, 0.29) is 21.1 Å². The minimum atomic E-state index is -4.53. The van der Waals surface area contributed by atoms with Gasteiger partial charge in [0.15, 0.2) is 0 Å². The molecule has 0 saturated heterocycles. The standard InChI is InChI=1S/C19H15F3N2O3S2/c1-12-8-9-17(28-12)29(26,27)24-16-7-2-4-13(10-16)18(25)23-15-6-3-5-14(11-15)19(20,21)22/h2-11,24H,1H3,(H,23,25). The summed E-state index contributed by atoms with van der Waals surface area (Å²) in [6.07, 6.45) is -4.53. The molecule has 1 aromatic heterocycles. The molecule has 3 aromatic rings. The molecule has 0 aliphatic carbocycles. The summed E-state index contributed by atoms with van der Waals surface area (Å²) in [6.45, 7) is 1.78. The van der Waals surface area contributed by atoms with Gasteiger partial charge in [-0.2, -0.15) is 13.2 Å². The number of hydrogen-bond donors (Lipinski definition) is 2. The number of halogens is 3. The summed E-state index contributed by atoms with van der Waals surface area (Å²) >= 11 is 1.11. The number of carbonyl (C=O) groups excluding carboxylic acids is 1. The van der Waals surface area contributed by atoms with E-state index in [1.165, 1.54) is 42.5 Å². The Kier molecular flexibility index (Phi) is 5.67. The fourth-order valence-electron chi connectivity index (χ4n) is 2.46. The van der Waals surface area contributed by atoms with Crippen LogP contribution in [-0.2, 0) is 16.2 Å². The molecule has 3 rings (SSSR count). The third-order valence-electron chi connectivity index (χ3n) is 3.81. The highest BCUT2D eigenvalue weighted by Crippen LogP contribution is 2.31. The molecule has 0 atom stereocenters. The molecule has 1 amide bonds. The number of nitrogens with one attached hydrogen (secondary N) is 2. The normalized spacial score (nSPS) is 11.9. The molecule has 5 nitrogen and oxygen atoms in total. The summed E-state index contributed by atoms with van der Waals surface area (Å²) in [7, 11) is -3.80. The molecule has 0 radical (unpaired) electrons. The molecule has 10 heteroatoms. The van der Waals surface area contributed by atoms with Crippen molar-refractivity contribution in [2.75, 3.05) is 10.0 Å². The summed E-state index contributed by atoms with van der Waals surface area (Å²) in [5.74, 6) is -0.669. The number of thiophene rings is 1. The maximum absolute atomic E-state index is 12.8. The molecule has 2 aromatic carbocycles. The van der Waals surface area contributed by atoms with Gasteiger partial charge in [-0.25, -0.2) is 8.42 Å². The summed E-state index contributed by atoms with van der Waals surface area (Å²) in [4.78, 5) is 13.2. The lowest BCUT2D eigenvalue weighted by Crippen LogP contribution is -2.15. The molecule has 0 fully saturated rings. The van der Waals surface area contributed by atoms with Crippen molar-refractivity contribution < 1.29 is 26.4 Å². The Balaban J connectivity index is 1.78. The van der Waals surface area contributed by atoms with Crippen molar-refractivity contribution >= 4 is 38.6 Å². The van der Waals surface area contributed by atoms with E-state index in [0.717, 1.165) is 28.3 Å². The molecule has 0 saturated carbocycles. The van der Waals surface area contributed by atoms with Gasteiger partial charge in [0.05, 0.1) is 5.56 Å². The molecule has 0 spiro atoms. The zero-order valence-electron chi connectivity index (χ0n) is 14.9. The SMILES string of the molecule is Cc1ccc(S(=O)(=O)Nc2cccc(C(=O)Nc3cccc(C(F)(F)F)c3)c2)s1. The molecule has 29 heavy (non-hydrogen) atoms. The van der Waals surface area contributed by atoms with Crippen LogP contribution in [0.4, 0.5) is 24.5 Å². The quantitative estimate of drug-likeness (QED) is 0.578. The van der Waals surface area contributed by atoms with Crippen LogP contribution in [0.5, 0.6) is 0 Å². The first kappa shape index (κ1) is 20.9. The number of amides is 1. The second kappa shape index (κ2) is 7.88. The molecule has 0 aliphatic rings. The number of alkyl halides is 3. The fraction of sp³-hybridized carbons (Fsp3) is 0.105. The van der Waals surface area contributed by atoms with Crippen LogP contribution in [0.1, 0.15) is 20.8 Å². The lowest BCUT2D eigenvalue weighted by molar-refractivity contribution is -0.137. The van der Waals surface area contributed by atoms with Crippen molar-refractivity contribution in [3.8, 4) is 0 Å². The number of rotatable bonds is 5. The van der Waals surface area contributed by atoms with E-state index in [2.05, 4.69) is 10.0 Å². The molecular formula is C19H15F3N2O3S2. The van der Waals surface area contributed by atoms with E-state index in [4.69, 9.17) is 0 Å². The van der Waals surface area contributed by atoms with Gasteiger partial charge < -0.3 is 5.32 Å². The third-order valence-corrected chi connectivity index (χ3v) is 6.68. The summed E-state index contributed by atoms with van der Waals surface area (Å²) in [5.41, 5.74) is -0.661. The minimum Gasteiger partial charge on any atom is -0.322 e. The molecule has 0 aliphatic heterocycles. The lowest BCUT2D eigenvalue weighted by Gasteiger charge is -2.11. The number of hydrogen-bond acceptors (Lipinski definition) is 4. The van der Waals surface area contributed by atoms with Crippen molar-refractivity contribution in [3.63, 3.8) is 0 Å². The monoisotopic (exact) mass is 440 g/mol. The van der Waals surface area contributed by atoms with E-state index in [0.29, 0.717) is 0 Å². The maximum atomic E-state index is 12.8. The van der Waals surface area contributed by atoms with Gasteiger partial charge in [-0.05, 0) is 55.5 Å². The molecule has 2 N–H and O–H groups in total. The molecule has 152 valence electrons. The lowest BCUT2D eigenvalue weighted by atomic mass is 10.1. The van der Waals surface area contributed by atoms with Gasteiger partial charge in [0.1, 0.15) is 4.21 Å². The van der Waals surface area contributed by atoms with Crippen molar-refractivity contribution in [2.24, 2.45) is 0 Å². The molecule has 0 bridgehead atoms. The van der Waals surface area contributed by atoms with Crippen LogP contribution in [0.3, 0.4) is 0 Å². The Morgan fingerprint density at radius 3 is 2.31 bits per heavy atom. The predicted octanol–water partition coefficient (Wildman–Crippen LogP) is 5.13. The summed E-state index contributed by atoms with van der Waals surface area (Å²) < 4.78 is 65.8. The molecule has 0 unspecified atom stereocenters. The van der Waals surface area contributed by atoms with Gasteiger partial charge in [-0.3, -0.25) is 9.52 Å². The van der Waals surface area contributed by atoms with Gasteiger partial charge in [0, 0.05) is 21.8 Å². The Labute approximate surface area is 169 Å². The second-order valence-electron chi connectivity index (χ2n) is 6.08. The van der Waals surface area contributed by atoms with Crippen molar-refractivity contribution in [1.29, 1.82) is 0 Å². The summed E-state index contributed by atoms with van der Waals surface area (Å²) in [6, 6.07) is 13.1. The molecular weight excluding hydrogens is 425 g/mol. The number of benzene rings is 2. The average molecular weight is 440 g/mol. The van der Waals surface area contributed by atoms with E-state index < -0.39 is 27.7 Å². The highest BCUT2D eigenvalue weighted by molar-refractivity contribution is 7.94. The number of aryl methyl sites for hydroxylation is 1. The third kappa shape index (κ3) is 5.15. The number of sulfonamides is 1.